The number of hydrogen-bond acceptors (Lipinski definition) is 3. The molecule has 1 aromatic rings. The molecule has 2 N–H and O–H groups in total. The molecule has 6 heteroatoms. The number of unbranched alkanes of at least 4 members (excludes halogenated alkanes) is 1. The Balaban J connectivity index is 1.96. The number of hydrogen-bond donors (Lipinski definition) is 2. The van der Waals surface area contributed by atoms with Gasteiger partial charge in [0.25, 0.3) is 0 Å². The molecule has 1 fully saturated rings. The summed E-state index contributed by atoms with van der Waals surface area (Å²) in [6, 6.07) is 5.99. The van der Waals surface area contributed by atoms with Crippen LogP contribution >= 0.6 is 0 Å². The summed E-state index contributed by atoms with van der Waals surface area (Å²) < 4.78 is 13.0. The van der Waals surface area contributed by atoms with Crippen molar-refractivity contribution in [2.75, 3.05) is 19.6 Å². The second kappa shape index (κ2) is 7.35. The topological polar surface area (TPSA) is 77.8 Å². The highest BCUT2D eigenvalue weighted by Gasteiger charge is 2.38. The van der Waals surface area contributed by atoms with Crippen LogP contribution in [0.15, 0.2) is 24.3 Å². The molecule has 1 heterocycles. The first kappa shape index (κ1) is 16.4. The molecule has 1 saturated heterocycles. The molecular formula is C16H20FNO4. The molecule has 0 aliphatic carbocycles. The van der Waals surface area contributed by atoms with Gasteiger partial charge in [0.2, 0.25) is 0 Å². The van der Waals surface area contributed by atoms with Crippen molar-refractivity contribution in [1.82, 2.24) is 4.90 Å². The standard InChI is InChI=1S/C16H20FNO4/c17-12-6-4-11(5-7-12)13-9-18(10-14(13)16(21)22)8-2-1-3-15(19)20/h4-7,13-14H,1-3,8-10H2,(H,19,20)(H,21,22)/t13-,14+/m0/s1. The average Bonchev–Trinajstić information content (AvgIpc) is 2.88. The first-order chi connectivity index (χ1) is 10.5. The zero-order chi connectivity index (χ0) is 16.1. The molecule has 22 heavy (non-hydrogen) atoms. The van der Waals surface area contributed by atoms with Gasteiger partial charge >= 0.3 is 11.9 Å². The highest BCUT2D eigenvalue weighted by molar-refractivity contribution is 5.72. The zero-order valence-electron chi connectivity index (χ0n) is 12.2. The van der Waals surface area contributed by atoms with Gasteiger partial charge in [-0.1, -0.05) is 12.1 Å². The van der Waals surface area contributed by atoms with Gasteiger partial charge in [-0.05, 0) is 37.1 Å². The van der Waals surface area contributed by atoms with Gasteiger partial charge in [-0.3, -0.25) is 9.59 Å². The summed E-state index contributed by atoms with van der Waals surface area (Å²) in [6.45, 7) is 1.74. The number of nitrogens with zero attached hydrogens (tertiary/aromatic N) is 1. The van der Waals surface area contributed by atoms with Crippen molar-refractivity contribution < 1.29 is 24.2 Å². The predicted molar refractivity (Wildman–Crippen MR) is 78.2 cm³/mol. The first-order valence-electron chi connectivity index (χ1n) is 7.40. The van der Waals surface area contributed by atoms with Gasteiger partial charge in [0, 0.05) is 25.4 Å². The van der Waals surface area contributed by atoms with E-state index in [-0.39, 0.29) is 18.2 Å². The fourth-order valence-corrected chi connectivity index (χ4v) is 2.98. The molecule has 120 valence electrons. The third-order valence-electron chi connectivity index (χ3n) is 4.13. The molecule has 1 aliphatic rings. The Kier molecular flexibility index (Phi) is 5.49. The van der Waals surface area contributed by atoms with Crippen molar-refractivity contribution in [2.24, 2.45) is 5.92 Å². The Labute approximate surface area is 128 Å². The van der Waals surface area contributed by atoms with Crippen LogP contribution in [-0.4, -0.2) is 46.7 Å². The molecule has 0 spiro atoms. The molecule has 0 aromatic heterocycles. The lowest BCUT2D eigenvalue weighted by Gasteiger charge is -2.16. The lowest BCUT2D eigenvalue weighted by molar-refractivity contribution is -0.141. The number of halogens is 1. The summed E-state index contributed by atoms with van der Waals surface area (Å²) in [5, 5.41) is 18.0. The maximum Gasteiger partial charge on any atom is 0.308 e. The largest absolute Gasteiger partial charge is 0.481 e. The number of aliphatic carboxylic acids is 2. The molecule has 0 bridgehead atoms. The Morgan fingerprint density at radius 3 is 2.41 bits per heavy atom. The van der Waals surface area contributed by atoms with Crippen LogP contribution in [0.2, 0.25) is 0 Å². The fourth-order valence-electron chi connectivity index (χ4n) is 2.98. The summed E-state index contributed by atoms with van der Waals surface area (Å²) >= 11 is 0. The van der Waals surface area contributed by atoms with E-state index < -0.39 is 17.9 Å². The summed E-state index contributed by atoms with van der Waals surface area (Å²) in [5.74, 6) is -2.65. The maximum atomic E-state index is 13.0. The highest BCUT2D eigenvalue weighted by atomic mass is 19.1. The van der Waals surface area contributed by atoms with Crippen LogP contribution in [0.4, 0.5) is 4.39 Å². The molecule has 0 radical (unpaired) electrons. The van der Waals surface area contributed by atoms with Gasteiger partial charge in [0.1, 0.15) is 5.82 Å². The van der Waals surface area contributed by atoms with Gasteiger partial charge in [-0.25, -0.2) is 4.39 Å². The van der Waals surface area contributed by atoms with Crippen molar-refractivity contribution in [2.45, 2.75) is 25.2 Å². The third kappa shape index (κ3) is 4.27. The van der Waals surface area contributed by atoms with Crippen LogP contribution in [-0.2, 0) is 9.59 Å². The molecule has 0 saturated carbocycles. The van der Waals surface area contributed by atoms with Crippen LogP contribution in [0.5, 0.6) is 0 Å². The van der Waals surface area contributed by atoms with Crippen LogP contribution in [0.1, 0.15) is 30.7 Å². The molecular weight excluding hydrogens is 289 g/mol. The lowest BCUT2D eigenvalue weighted by Crippen LogP contribution is -2.24. The van der Waals surface area contributed by atoms with Gasteiger partial charge in [-0.2, -0.15) is 0 Å². The van der Waals surface area contributed by atoms with Crippen molar-refractivity contribution in [3.05, 3.63) is 35.6 Å². The summed E-state index contributed by atoms with van der Waals surface area (Å²) in [6.07, 6.45) is 1.46. The number of carbonyl (C=O) groups is 2. The highest BCUT2D eigenvalue weighted by Crippen LogP contribution is 2.33. The van der Waals surface area contributed by atoms with Gasteiger partial charge in [-0.15, -0.1) is 0 Å². The quantitative estimate of drug-likeness (QED) is 0.755. The average molecular weight is 309 g/mol. The van der Waals surface area contributed by atoms with E-state index >= 15 is 0 Å². The third-order valence-corrected chi connectivity index (χ3v) is 4.13. The smallest absolute Gasteiger partial charge is 0.308 e. The van der Waals surface area contributed by atoms with Crippen molar-refractivity contribution >= 4 is 11.9 Å². The van der Waals surface area contributed by atoms with E-state index in [1.54, 1.807) is 12.1 Å². The van der Waals surface area contributed by atoms with E-state index in [0.717, 1.165) is 12.0 Å². The van der Waals surface area contributed by atoms with Crippen LogP contribution in [0.3, 0.4) is 0 Å². The number of benzene rings is 1. The Morgan fingerprint density at radius 2 is 1.82 bits per heavy atom. The minimum atomic E-state index is -0.845. The molecule has 2 rings (SSSR count). The summed E-state index contributed by atoms with van der Waals surface area (Å²) in [4.78, 5) is 24.0. The molecule has 2 atom stereocenters. The number of rotatable bonds is 7. The minimum Gasteiger partial charge on any atom is -0.481 e. The minimum absolute atomic E-state index is 0.136. The summed E-state index contributed by atoms with van der Waals surface area (Å²) in [7, 11) is 0. The van der Waals surface area contributed by atoms with E-state index in [9.17, 15) is 19.1 Å². The van der Waals surface area contributed by atoms with Crippen molar-refractivity contribution in [3.63, 3.8) is 0 Å². The molecule has 0 amide bonds. The van der Waals surface area contributed by atoms with Crippen molar-refractivity contribution in [1.29, 1.82) is 0 Å². The predicted octanol–water partition coefficient (Wildman–Crippen LogP) is 2.18. The molecule has 1 aromatic carbocycles. The molecule has 1 aliphatic heterocycles. The maximum absolute atomic E-state index is 13.0. The molecule has 0 unspecified atom stereocenters. The number of carboxylic acids is 2. The normalized spacial score (nSPS) is 21.9. The van der Waals surface area contributed by atoms with E-state index in [0.29, 0.717) is 26.1 Å². The van der Waals surface area contributed by atoms with Gasteiger partial charge in [0.15, 0.2) is 0 Å². The molecule has 5 nitrogen and oxygen atoms in total. The van der Waals surface area contributed by atoms with E-state index in [2.05, 4.69) is 4.90 Å². The summed E-state index contributed by atoms with van der Waals surface area (Å²) in [5.41, 5.74) is 0.835. The van der Waals surface area contributed by atoms with Gasteiger partial charge in [0.05, 0.1) is 5.92 Å². The van der Waals surface area contributed by atoms with E-state index in [1.807, 2.05) is 0 Å². The van der Waals surface area contributed by atoms with Gasteiger partial charge < -0.3 is 15.1 Å². The van der Waals surface area contributed by atoms with Crippen LogP contribution < -0.4 is 0 Å². The van der Waals surface area contributed by atoms with Crippen LogP contribution in [0, 0.1) is 11.7 Å². The van der Waals surface area contributed by atoms with Crippen LogP contribution in [0.25, 0.3) is 0 Å². The zero-order valence-corrected chi connectivity index (χ0v) is 12.2. The SMILES string of the molecule is O=C(O)CCCCN1C[C@@H](C(=O)O)[C@H](c2ccc(F)cc2)C1. The van der Waals surface area contributed by atoms with E-state index in [1.165, 1.54) is 12.1 Å². The Bertz CT molecular complexity index is 531. The Morgan fingerprint density at radius 1 is 1.14 bits per heavy atom. The number of carboxylic acid groups (broad SMARTS) is 2. The Hall–Kier alpha value is -1.95. The van der Waals surface area contributed by atoms with E-state index in [4.69, 9.17) is 5.11 Å². The lowest BCUT2D eigenvalue weighted by atomic mass is 9.89. The number of likely N-dealkylation sites (tertiary alicyclic amines) is 1. The van der Waals surface area contributed by atoms with Crippen molar-refractivity contribution in [3.8, 4) is 0 Å². The fraction of sp³-hybridized carbons (Fsp3) is 0.500. The second-order valence-electron chi connectivity index (χ2n) is 5.71. The first-order valence-corrected chi connectivity index (χ1v) is 7.40. The monoisotopic (exact) mass is 309 g/mol. The second-order valence-corrected chi connectivity index (χ2v) is 5.71.